The third kappa shape index (κ3) is 5.61. The third-order valence-electron chi connectivity index (χ3n) is 4.25. The van der Waals surface area contributed by atoms with E-state index < -0.39 is 6.10 Å². The lowest BCUT2D eigenvalue weighted by Crippen LogP contribution is -2.14. The van der Waals surface area contributed by atoms with Crippen LogP contribution in [0.2, 0.25) is 0 Å². The van der Waals surface area contributed by atoms with E-state index in [2.05, 4.69) is 44.3 Å². The number of rotatable bonds is 5. The van der Waals surface area contributed by atoms with Crippen molar-refractivity contribution in [3.8, 4) is 17.6 Å². The summed E-state index contributed by atoms with van der Waals surface area (Å²) in [7, 11) is 1.34. The largest absolute Gasteiger partial charge is 0.493 e. The lowest BCUT2D eigenvalue weighted by Gasteiger charge is -2.24. The molecule has 0 heterocycles. The number of carbonyl (C=O) groups excluding carboxylic acids is 1. The van der Waals surface area contributed by atoms with E-state index in [0.717, 1.165) is 23.3 Å². The molecular formula is C24H28O4. The Hall–Kier alpha value is -2.77. The highest BCUT2D eigenvalue weighted by Gasteiger charge is 2.21. The van der Waals surface area contributed by atoms with E-state index >= 15 is 0 Å². The molecule has 0 aliphatic carbocycles. The Morgan fingerprint density at radius 1 is 1.14 bits per heavy atom. The topological polar surface area (TPSA) is 55.8 Å². The van der Waals surface area contributed by atoms with Gasteiger partial charge < -0.3 is 14.6 Å². The number of methoxy groups -OCH3 is 1. The molecule has 4 heteroatoms. The van der Waals surface area contributed by atoms with Crippen molar-refractivity contribution in [1.82, 2.24) is 0 Å². The number of esters is 1. The maximum absolute atomic E-state index is 11.5. The summed E-state index contributed by atoms with van der Waals surface area (Å²) in [5.41, 5.74) is 2.83. The number of aliphatic hydroxyl groups is 1. The van der Waals surface area contributed by atoms with E-state index in [-0.39, 0.29) is 11.4 Å². The number of benzene rings is 2. The molecule has 0 saturated carbocycles. The molecule has 0 spiro atoms. The molecule has 28 heavy (non-hydrogen) atoms. The van der Waals surface area contributed by atoms with Gasteiger partial charge in [-0.1, -0.05) is 45.6 Å². The van der Waals surface area contributed by atoms with E-state index in [0.29, 0.717) is 17.7 Å². The number of ether oxygens (including phenoxy) is 2. The predicted octanol–water partition coefficient (Wildman–Crippen LogP) is 4.64. The zero-order valence-electron chi connectivity index (χ0n) is 17.2. The van der Waals surface area contributed by atoms with Gasteiger partial charge in [0.2, 0.25) is 0 Å². The molecule has 0 amide bonds. The van der Waals surface area contributed by atoms with Crippen LogP contribution < -0.4 is 4.74 Å². The fourth-order valence-corrected chi connectivity index (χ4v) is 2.68. The van der Waals surface area contributed by atoms with Gasteiger partial charge in [-0.25, -0.2) is 4.79 Å². The Kier molecular flexibility index (Phi) is 7.25. The first-order valence-corrected chi connectivity index (χ1v) is 9.41. The zero-order valence-corrected chi connectivity index (χ0v) is 17.2. The summed E-state index contributed by atoms with van der Waals surface area (Å²) in [6.45, 7) is 9.08. The summed E-state index contributed by atoms with van der Waals surface area (Å²) in [6.07, 6.45) is 0.0235. The Labute approximate surface area is 167 Å². The van der Waals surface area contributed by atoms with Crippen LogP contribution in [-0.4, -0.2) is 24.8 Å². The van der Waals surface area contributed by atoms with Crippen LogP contribution in [0.1, 0.15) is 67.3 Å². The number of carbonyl (C=O) groups is 1. The zero-order chi connectivity index (χ0) is 20.7. The van der Waals surface area contributed by atoms with Crippen molar-refractivity contribution in [2.45, 2.75) is 45.6 Å². The van der Waals surface area contributed by atoms with Crippen molar-refractivity contribution in [2.75, 3.05) is 13.7 Å². The van der Waals surface area contributed by atoms with Crippen molar-refractivity contribution >= 4 is 5.97 Å². The van der Waals surface area contributed by atoms with Crippen LogP contribution in [-0.2, 0) is 10.2 Å². The summed E-state index contributed by atoms with van der Waals surface area (Å²) in [5, 5.41) is 10.5. The van der Waals surface area contributed by atoms with Crippen LogP contribution in [0, 0.1) is 11.8 Å². The van der Waals surface area contributed by atoms with Crippen molar-refractivity contribution in [3.63, 3.8) is 0 Å². The van der Waals surface area contributed by atoms with Gasteiger partial charge in [0.25, 0.3) is 0 Å². The first kappa shape index (κ1) is 21.5. The fraction of sp³-hybridized carbons (Fsp3) is 0.375. The third-order valence-corrected chi connectivity index (χ3v) is 4.25. The predicted molar refractivity (Wildman–Crippen MR) is 111 cm³/mol. The highest BCUT2D eigenvalue weighted by molar-refractivity contribution is 5.89. The molecule has 1 atom stereocenters. The Morgan fingerprint density at radius 2 is 1.82 bits per heavy atom. The van der Waals surface area contributed by atoms with Gasteiger partial charge in [-0.05, 0) is 59.4 Å². The SMILES string of the molecule is CCCOc1ccc(C(O)C#Cc2ccc(C(=O)OC)cc2)cc1C(C)(C)C. The van der Waals surface area contributed by atoms with Crippen molar-refractivity contribution in [3.05, 3.63) is 64.7 Å². The lowest BCUT2D eigenvalue weighted by atomic mass is 9.85. The molecule has 0 aliphatic rings. The maximum Gasteiger partial charge on any atom is 0.337 e. The van der Waals surface area contributed by atoms with Gasteiger partial charge >= 0.3 is 5.97 Å². The van der Waals surface area contributed by atoms with Crippen molar-refractivity contribution < 1.29 is 19.4 Å². The van der Waals surface area contributed by atoms with Gasteiger partial charge in [-0.3, -0.25) is 0 Å². The highest BCUT2D eigenvalue weighted by Crippen LogP contribution is 2.33. The summed E-state index contributed by atoms with van der Waals surface area (Å²) >= 11 is 0. The van der Waals surface area contributed by atoms with Gasteiger partial charge in [0, 0.05) is 5.56 Å². The Morgan fingerprint density at radius 3 is 2.39 bits per heavy atom. The van der Waals surface area contributed by atoms with Gasteiger partial charge in [-0.15, -0.1) is 0 Å². The molecule has 0 aliphatic heterocycles. The Bertz CT molecular complexity index is 864. The molecule has 148 valence electrons. The van der Waals surface area contributed by atoms with E-state index in [1.165, 1.54) is 7.11 Å². The second-order valence-corrected chi connectivity index (χ2v) is 7.59. The fourth-order valence-electron chi connectivity index (χ4n) is 2.68. The van der Waals surface area contributed by atoms with Crippen LogP contribution in [0.5, 0.6) is 5.75 Å². The molecular weight excluding hydrogens is 352 g/mol. The molecule has 2 rings (SSSR count). The molecule has 4 nitrogen and oxygen atoms in total. The van der Waals surface area contributed by atoms with Gasteiger partial charge in [0.15, 0.2) is 0 Å². The summed E-state index contributed by atoms with van der Waals surface area (Å²) in [5.74, 6) is 6.27. The first-order valence-electron chi connectivity index (χ1n) is 9.41. The minimum Gasteiger partial charge on any atom is -0.493 e. The number of hydrogen-bond donors (Lipinski definition) is 1. The highest BCUT2D eigenvalue weighted by atomic mass is 16.5. The minimum atomic E-state index is -0.915. The van der Waals surface area contributed by atoms with Crippen LogP contribution in [0.15, 0.2) is 42.5 Å². The van der Waals surface area contributed by atoms with E-state index in [9.17, 15) is 9.90 Å². The molecule has 2 aromatic rings. The van der Waals surface area contributed by atoms with Gasteiger partial charge in [-0.2, -0.15) is 0 Å². The normalized spacial score (nSPS) is 11.9. The maximum atomic E-state index is 11.5. The average Bonchev–Trinajstić information content (AvgIpc) is 2.69. The van der Waals surface area contributed by atoms with Crippen molar-refractivity contribution in [2.24, 2.45) is 0 Å². The molecule has 2 aromatic carbocycles. The molecule has 1 unspecified atom stereocenters. The van der Waals surface area contributed by atoms with Gasteiger partial charge in [0.05, 0.1) is 19.3 Å². The number of aliphatic hydroxyl groups excluding tert-OH is 1. The molecule has 1 N–H and O–H groups in total. The van der Waals surface area contributed by atoms with E-state index in [1.54, 1.807) is 24.3 Å². The molecule has 0 radical (unpaired) electrons. The minimum absolute atomic E-state index is 0.115. The molecule has 0 bridgehead atoms. The first-order chi connectivity index (χ1) is 13.3. The van der Waals surface area contributed by atoms with Crippen LogP contribution in [0.25, 0.3) is 0 Å². The number of hydrogen-bond acceptors (Lipinski definition) is 4. The van der Waals surface area contributed by atoms with Crippen LogP contribution in [0.4, 0.5) is 0 Å². The summed E-state index contributed by atoms with van der Waals surface area (Å²) < 4.78 is 10.5. The van der Waals surface area contributed by atoms with Crippen LogP contribution >= 0.6 is 0 Å². The molecule has 0 fully saturated rings. The lowest BCUT2D eigenvalue weighted by molar-refractivity contribution is 0.0600. The van der Waals surface area contributed by atoms with Crippen LogP contribution in [0.3, 0.4) is 0 Å². The second kappa shape index (κ2) is 9.43. The van der Waals surface area contributed by atoms with E-state index in [1.807, 2.05) is 18.2 Å². The standard InChI is InChI=1S/C24H28O4/c1-6-15-28-22-14-12-19(16-20(22)24(2,3)4)21(25)13-9-17-7-10-18(11-8-17)23(26)27-5/h7-8,10-12,14,16,21,25H,6,15H2,1-5H3. The summed E-state index contributed by atoms with van der Waals surface area (Å²) in [4.78, 5) is 11.5. The average molecular weight is 380 g/mol. The monoisotopic (exact) mass is 380 g/mol. The Balaban J connectivity index is 2.24. The molecule has 0 aromatic heterocycles. The molecule has 0 saturated heterocycles. The quantitative estimate of drug-likeness (QED) is 0.606. The smallest absolute Gasteiger partial charge is 0.337 e. The van der Waals surface area contributed by atoms with Crippen molar-refractivity contribution in [1.29, 1.82) is 0 Å². The summed E-state index contributed by atoms with van der Waals surface area (Å²) in [6, 6.07) is 12.5. The van der Waals surface area contributed by atoms with Gasteiger partial charge in [0.1, 0.15) is 11.9 Å². The second-order valence-electron chi connectivity index (χ2n) is 7.59. The van der Waals surface area contributed by atoms with E-state index in [4.69, 9.17) is 4.74 Å².